The number of hydrogen-bond acceptors (Lipinski definition) is 4. The Morgan fingerprint density at radius 2 is 1.81 bits per heavy atom. The number of carbonyl (C=O) groups excluding carboxylic acids is 2. The second kappa shape index (κ2) is 6.99. The van der Waals surface area contributed by atoms with Gasteiger partial charge in [0.25, 0.3) is 0 Å². The Morgan fingerprint density at radius 3 is 2.24 bits per heavy atom. The van der Waals surface area contributed by atoms with Gasteiger partial charge in [0.1, 0.15) is 5.60 Å². The highest BCUT2D eigenvalue weighted by molar-refractivity contribution is 5.96. The minimum atomic E-state index is -0.736. The number of carbonyl (C=O) groups is 2. The summed E-state index contributed by atoms with van der Waals surface area (Å²) in [7, 11) is 0. The van der Waals surface area contributed by atoms with E-state index in [0.717, 1.165) is 5.56 Å². The molecule has 3 N–H and O–H groups in total. The number of nitrogens with two attached hydrogens (primary N) is 1. The van der Waals surface area contributed by atoms with Crippen LogP contribution in [0.3, 0.4) is 0 Å². The molecule has 0 bridgehead atoms. The van der Waals surface area contributed by atoms with E-state index in [1.165, 1.54) is 0 Å². The zero-order valence-electron chi connectivity index (χ0n) is 12.4. The maximum atomic E-state index is 11.6. The number of hydrogen-bond donors (Lipinski definition) is 2. The molecule has 2 amide bonds. The number of benzene rings is 1. The van der Waals surface area contributed by atoms with Crippen LogP contribution in [0.25, 0.3) is 0 Å². The Morgan fingerprint density at radius 1 is 1.24 bits per heavy atom. The summed E-state index contributed by atoms with van der Waals surface area (Å²) in [6, 6.07) is 6.56. The van der Waals surface area contributed by atoms with Crippen LogP contribution in [0.2, 0.25) is 0 Å². The van der Waals surface area contributed by atoms with Crippen molar-refractivity contribution in [3.8, 4) is 0 Å². The number of aliphatic imine (C=N–C) groups is 1. The van der Waals surface area contributed by atoms with Crippen LogP contribution < -0.4 is 5.73 Å². The standard InChI is InChI=1S/C15H20N2O4/c1-15(2,3)21-14(20)17-12(9-18)8-10-4-6-11(7-5-10)13(16)19/h4-7,18H,8-9H2,1-3H3,(H2,16,19). The minimum Gasteiger partial charge on any atom is -0.442 e. The van der Waals surface area contributed by atoms with E-state index in [1.54, 1.807) is 45.0 Å². The van der Waals surface area contributed by atoms with E-state index >= 15 is 0 Å². The average molecular weight is 292 g/mol. The summed E-state index contributed by atoms with van der Waals surface area (Å²) >= 11 is 0. The normalized spacial score (nSPS) is 12.1. The Kier molecular flexibility index (Phi) is 5.60. The van der Waals surface area contributed by atoms with Gasteiger partial charge in [0.2, 0.25) is 5.91 Å². The molecule has 1 rings (SSSR count). The molecule has 0 aliphatic rings. The molecule has 1 aromatic rings. The molecule has 0 aliphatic heterocycles. The van der Waals surface area contributed by atoms with Crippen molar-refractivity contribution in [1.82, 2.24) is 0 Å². The molecule has 6 heteroatoms. The number of aliphatic hydroxyl groups excluding tert-OH is 1. The number of primary amides is 1. The third-order valence-corrected chi connectivity index (χ3v) is 2.47. The van der Waals surface area contributed by atoms with Gasteiger partial charge in [-0.2, -0.15) is 4.99 Å². The van der Waals surface area contributed by atoms with Gasteiger partial charge in [-0.05, 0) is 38.5 Å². The highest BCUT2D eigenvalue weighted by Crippen LogP contribution is 2.09. The molecule has 1 aromatic carbocycles. The van der Waals surface area contributed by atoms with Crippen LogP contribution in [0, 0.1) is 0 Å². The lowest BCUT2D eigenvalue weighted by atomic mass is 10.1. The first-order valence-corrected chi connectivity index (χ1v) is 6.50. The summed E-state index contributed by atoms with van der Waals surface area (Å²) in [6.07, 6.45) is -0.449. The highest BCUT2D eigenvalue weighted by Gasteiger charge is 2.16. The smallest absolute Gasteiger partial charge is 0.434 e. The van der Waals surface area contributed by atoms with Crippen LogP contribution in [-0.4, -0.2) is 35.0 Å². The summed E-state index contributed by atoms with van der Waals surface area (Å²) < 4.78 is 5.06. The predicted molar refractivity (Wildman–Crippen MR) is 79.4 cm³/mol. The maximum Gasteiger partial charge on any atom is 0.434 e. The molecule has 114 valence electrons. The molecule has 0 fully saturated rings. The Labute approximate surface area is 123 Å². The number of ether oxygens (including phenoxy) is 1. The molecular weight excluding hydrogens is 272 g/mol. The zero-order chi connectivity index (χ0) is 16.0. The van der Waals surface area contributed by atoms with Crippen LogP contribution >= 0.6 is 0 Å². The summed E-state index contributed by atoms with van der Waals surface area (Å²) in [5, 5.41) is 9.26. The van der Waals surface area contributed by atoms with Crippen molar-refractivity contribution >= 4 is 17.7 Å². The fourth-order valence-corrected chi connectivity index (χ4v) is 1.57. The SMILES string of the molecule is CC(C)(C)OC(=O)N=C(CO)Cc1ccc(C(N)=O)cc1. The van der Waals surface area contributed by atoms with Crippen molar-refractivity contribution in [2.75, 3.05) is 6.61 Å². The van der Waals surface area contributed by atoms with Crippen molar-refractivity contribution in [3.05, 3.63) is 35.4 Å². The molecule has 0 heterocycles. The fraction of sp³-hybridized carbons (Fsp3) is 0.400. The molecule has 0 aliphatic carbocycles. The van der Waals surface area contributed by atoms with Gasteiger partial charge in [0, 0.05) is 12.0 Å². The van der Waals surface area contributed by atoms with Gasteiger partial charge < -0.3 is 15.6 Å². The second-order valence-electron chi connectivity index (χ2n) is 5.55. The summed E-state index contributed by atoms with van der Waals surface area (Å²) in [5.41, 5.74) is 6.00. The molecule has 6 nitrogen and oxygen atoms in total. The minimum absolute atomic E-state index is 0.286. The molecule has 0 saturated heterocycles. The third kappa shape index (κ3) is 6.18. The molecule has 0 atom stereocenters. The lowest BCUT2D eigenvalue weighted by Gasteiger charge is -2.17. The molecular formula is C15H20N2O4. The first-order chi connectivity index (χ1) is 9.71. The van der Waals surface area contributed by atoms with Crippen molar-refractivity contribution in [2.45, 2.75) is 32.8 Å². The molecule has 0 unspecified atom stereocenters. The quantitative estimate of drug-likeness (QED) is 0.824. The van der Waals surface area contributed by atoms with Gasteiger partial charge in [-0.25, -0.2) is 4.79 Å². The fourth-order valence-electron chi connectivity index (χ4n) is 1.57. The van der Waals surface area contributed by atoms with Crippen molar-refractivity contribution in [2.24, 2.45) is 10.7 Å². The monoisotopic (exact) mass is 292 g/mol. The van der Waals surface area contributed by atoms with Crippen LogP contribution in [0.4, 0.5) is 4.79 Å². The second-order valence-corrected chi connectivity index (χ2v) is 5.55. The van der Waals surface area contributed by atoms with Gasteiger partial charge in [0.05, 0.1) is 12.3 Å². The van der Waals surface area contributed by atoms with E-state index in [-0.39, 0.29) is 18.7 Å². The number of amides is 2. The number of nitrogens with zero attached hydrogens (tertiary/aromatic N) is 1. The van der Waals surface area contributed by atoms with Crippen LogP contribution in [0.1, 0.15) is 36.7 Å². The van der Waals surface area contributed by atoms with Crippen LogP contribution in [0.5, 0.6) is 0 Å². The topological polar surface area (TPSA) is 102 Å². The number of rotatable bonds is 4. The molecule has 0 spiro atoms. The van der Waals surface area contributed by atoms with E-state index < -0.39 is 17.6 Å². The van der Waals surface area contributed by atoms with Gasteiger partial charge in [-0.1, -0.05) is 12.1 Å². The first-order valence-electron chi connectivity index (χ1n) is 6.50. The van der Waals surface area contributed by atoms with Crippen LogP contribution in [-0.2, 0) is 11.2 Å². The summed E-state index contributed by atoms with van der Waals surface area (Å²) in [4.78, 5) is 26.3. The molecule has 0 saturated carbocycles. The third-order valence-electron chi connectivity index (χ3n) is 2.47. The largest absolute Gasteiger partial charge is 0.442 e. The highest BCUT2D eigenvalue weighted by atomic mass is 16.6. The molecule has 0 aromatic heterocycles. The van der Waals surface area contributed by atoms with Gasteiger partial charge in [-0.15, -0.1) is 0 Å². The Hall–Kier alpha value is -2.21. The number of aliphatic hydroxyl groups is 1. The van der Waals surface area contributed by atoms with E-state index in [9.17, 15) is 14.7 Å². The van der Waals surface area contributed by atoms with E-state index in [2.05, 4.69) is 4.99 Å². The molecule has 0 radical (unpaired) electrons. The van der Waals surface area contributed by atoms with Crippen molar-refractivity contribution in [1.29, 1.82) is 0 Å². The predicted octanol–water partition coefficient (Wildman–Crippen LogP) is 1.70. The van der Waals surface area contributed by atoms with Gasteiger partial charge in [0.15, 0.2) is 0 Å². The van der Waals surface area contributed by atoms with Gasteiger partial charge in [-0.3, -0.25) is 4.79 Å². The van der Waals surface area contributed by atoms with Crippen molar-refractivity contribution < 1.29 is 19.4 Å². The van der Waals surface area contributed by atoms with Gasteiger partial charge >= 0.3 is 6.09 Å². The molecule has 21 heavy (non-hydrogen) atoms. The lowest BCUT2D eigenvalue weighted by Crippen LogP contribution is -2.23. The maximum absolute atomic E-state index is 11.6. The van der Waals surface area contributed by atoms with Crippen molar-refractivity contribution in [3.63, 3.8) is 0 Å². The average Bonchev–Trinajstić information content (AvgIpc) is 2.36. The Bertz CT molecular complexity index is 542. The zero-order valence-corrected chi connectivity index (χ0v) is 12.4. The first kappa shape index (κ1) is 16.8. The lowest BCUT2D eigenvalue weighted by molar-refractivity contribution is 0.0602. The Balaban J connectivity index is 2.77. The van der Waals surface area contributed by atoms with E-state index in [1.807, 2.05) is 0 Å². The van der Waals surface area contributed by atoms with E-state index in [0.29, 0.717) is 5.56 Å². The summed E-state index contributed by atoms with van der Waals surface area (Å²) in [5.74, 6) is -0.508. The van der Waals surface area contributed by atoms with E-state index in [4.69, 9.17) is 10.5 Å². The summed E-state index contributed by atoms with van der Waals surface area (Å²) in [6.45, 7) is 4.86. The van der Waals surface area contributed by atoms with Crippen LogP contribution in [0.15, 0.2) is 29.3 Å².